The second-order valence-corrected chi connectivity index (χ2v) is 38.4. The second kappa shape index (κ2) is 21.5. The number of fused-ring (bicyclic) bond motifs is 49. The van der Waals surface area contributed by atoms with Crippen molar-refractivity contribution in [2.24, 2.45) is 0 Å². The summed E-state index contributed by atoms with van der Waals surface area (Å²) < 4.78 is 14.1. The molecule has 1 fully saturated rings. The second-order valence-electron chi connectivity index (χ2n) is 38.4. The van der Waals surface area contributed by atoms with E-state index in [0.29, 0.717) is 11.8 Å². The van der Waals surface area contributed by atoms with E-state index in [9.17, 15) is 0 Å². The first kappa shape index (κ1) is 65.3. The summed E-state index contributed by atoms with van der Waals surface area (Å²) in [6.07, 6.45) is 3.02. The van der Waals surface area contributed by atoms with Crippen LogP contribution in [0.25, 0.3) is 144 Å². The van der Waals surface area contributed by atoms with Gasteiger partial charge in [-0.2, -0.15) is 0 Å². The minimum atomic E-state index is -0.667. The maximum atomic E-state index is 7.16. The lowest BCUT2D eigenvalue weighted by Gasteiger charge is -2.32. The highest BCUT2D eigenvalue weighted by atomic mass is 16.3. The van der Waals surface area contributed by atoms with Crippen LogP contribution < -0.4 is 0 Å². The molecule has 0 bridgehead atoms. The normalized spacial score (nSPS) is 18.4. The standard InChI is InChI=1S/C116H82O2/c1-111(2)89-50-49-73-79-56-78(79)65-25-9-10-30-72(65)101(73)102(89)82-59-93-80(57-94(82)111)70-47-43-62(54-92(70)112(93,3)4)64(45-41-61-42-46-75-91(53-61)114(7,8)108-105(75)106-77-33-17-24-40-99(77)118-110(106)107-74-31-15-18-34-84(74)113(5,6)109(107)108)63-44-48-71-81-58-97-83(60-96(81)116(95(71)55-63)87-37-21-13-28-68(87)69-29-14-22-38-88(69)116)103-90(51-52-100-104(103)76-32-16-23-39-98(76)117-100)115(97)85-35-19-11-26-66(85)67-27-12-20-36-86(67)115/h9-40,42-44,46-55,57-60,64,78-79H,41,45,56H2,1-8H3. The zero-order chi connectivity index (χ0) is 78.1. The highest BCUT2D eigenvalue weighted by Gasteiger charge is 2.58. The molecule has 2 heterocycles. The molecule has 28 rings (SSSR count). The van der Waals surface area contributed by atoms with Gasteiger partial charge in [0.15, 0.2) is 0 Å². The number of benzene rings is 16. The van der Waals surface area contributed by atoms with Crippen LogP contribution in [-0.2, 0) is 38.9 Å². The molecular weight excluding hydrogens is 1430 g/mol. The number of furan rings is 2. The lowest BCUT2D eigenvalue weighted by Crippen LogP contribution is -2.27. The van der Waals surface area contributed by atoms with Crippen LogP contribution in [0.15, 0.2) is 306 Å². The van der Waals surface area contributed by atoms with Crippen molar-refractivity contribution in [3.63, 3.8) is 0 Å². The lowest BCUT2D eigenvalue weighted by molar-refractivity contribution is 0.599. The molecule has 2 nitrogen and oxygen atoms in total. The fourth-order valence-electron chi connectivity index (χ4n) is 26.7. The lowest BCUT2D eigenvalue weighted by atomic mass is 9.68. The van der Waals surface area contributed by atoms with Gasteiger partial charge in [0, 0.05) is 54.7 Å². The van der Waals surface area contributed by atoms with Crippen LogP contribution >= 0.6 is 0 Å². The van der Waals surface area contributed by atoms with Crippen molar-refractivity contribution in [2.45, 2.75) is 125 Å². The van der Waals surface area contributed by atoms with Crippen LogP contribution in [0.2, 0.25) is 0 Å². The third-order valence-electron chi connectivity index (χ3n) is 31.8. The largest absolute Gasteiger partial charge is 0.456 e. The fourth-order valence-corrected chi connectivity index (χ4v) is 26.7. The smallest absolute Gasteiger partial charge is 0.144 e. The number of hydrogen-bond acceptors (Lipinski definition) is 2. The van der Waals surface area contributed by atoms with E-state index in [0.717, 1.165) is 40.6 Å². The van der Waals surface area contributed by atoms with Crippen LogP contribution in [0.5, 0.6) is 0 Å². The molecule has 16 aromatic carbocycles. The van der Waals surface area contributed by atoms with Gasteiger partial charge in [0.05, 0.1) is 10.8 Å². The average molecular weight is 1510 g/mol. The van der Waals surface area contributed by atoms with E-state index in [2.05, 4.69) is 353 Å². The summed E-state index contributed by atoms with van der Waals surface area (Å²) in [4.78, 5) is 0. The van der Waals surface area contributed by atoms with Gasteiger partial charge in [-0.1, -0.05) is 310 Å². The molecule has 0 aliphatic heterocycles. The van der Waals surface area contributed by atoms with E-state index >= 15 is 0 Å². The van der Waals surface area contributed by atoms with Gasteiger partial charge in [-0.15, -0.1) is 0 Å². The van der Waals surface area contributed by atoms with Crippen LogP contribution in [0.1, 0.15) is 203 Å². The summed E-state index contributed by atoms with van der Waals surface area (Å²) in [7, 11) is 0. The first-order chi connectivity index (χ1) is 57.5. The van der Waals surface area contributed by atoms with Crippen molar-refractivity contribution in [1.29, 1.82) is 0 Å². The average Bonchev–Trinajstić information content (AvgIpc) is 1.48. The van der Waals surface area contributed by atoms with E-state index in [-0.39, 0.29) is 27.6 Å². The van der Waals surface area contributed by atoms with Gasteiger partial charge >= 0.3 is 0 Å². The molecule has 3 atom stereocenters. The number of aryl methyl sites for hydroxylation is 1. The van der Waals surface area contributed by atoms with E-state index in [4.69, 9.17) is 8.83 Å². The van der Waals surface area contributed by atoms with E-state index in [1.807, 2.05) is 0 Å². The van der Waals surface area contributed by atoms with Gasteiger partial charge in [-0.05, 0) is 285 Å². The monoisotopic (exact) mass is 1510 g/mol. The van der Waals surface area contributed by atoms with E-state index < -0.39 is 10.8 Å². The summed E-state index contributed by atoms with van der Waals surface area (Å²) in [5, 5.41) is 4.77. The van der Waals surface area contributed by atoms with Crippen LogP contribution in [0.4, 0.5) is 0 Å². The predicted octanol–water partition coefficient (Wildman–Crippen LogP) is 29.4. The first-order valence-corrected chi connectivity index (χ1v) is 43.1. The Balaban J connectivity index is 0.654. The minimum absolute atomic E-state index is 0.00340. The quantitative estimate of drug-likeness (QED) is 0.172. The summed E-state index contributed by atoms with van der Waals surface area (Å²) in [6.45, 7) is 20.0. The Morgan fingerprint density at radius 3 is 1.41 bits per heavy atom. The van der Waals surface area contributed by atoms with Crippen molar-refractivity contribution in [1.82, 2.24) is 0 Å². The van der Waals surface area contributed by atoms with E-state index in [1.54, 1.807) is 11.1 Å². The van der Waals surface area contributed by atoms with Crippen LogP contribution in [0, 0.1) is 0 Å². The highest BCUT2D eigenvalue weighted by Crippen LogP contribution is 2.72. The van der Waals surface area contributed by atoms with Gasteiger partial charge in [0.25, 0.3) is 0 Å². The van der Waals surface area contributed by atoms with Crippen molar-refractivity contribution in [2.75, 3.05) is 0 Å². The molecule has 3 unspecified atom stereocenters. The molecule has 2 heteroatoms. The van der Waals surface area contributed by atoms with Crippen molar-refractivity contribution in [3.05, 3.63) is 414 Å². The molecule has 118 heavy (non-hydrogen) atoms. The number of para-hydroxylation sites is 2. The molecule has 18 aromatic rings. The molecule has 0 amide bonds. The third kappa shape index (κ3) is 7.48. The molecule has 0 radical (unpaired) electrons. The third-order valence-corrected chi connectivity index (χ3v) is 31.8. The maximum absolute atomic E-state index is 7.16. The Labute approximate surface area is 687 Å². The number of hydrogen-bond donors (Lipinski definition) is 0. The molecule has 2 spiro atoms. The summed E-state index contributed by atoms with van der Waals surface area (Å²) in [5.41, 5.74) is 55.0. The molecule has 0 saturated heterocycles. The van der Waals surface area contributed by atoms with Gasteiger partial charge in [0.2, 0.25) is 0 Å². The molecule has 10 aliphatic rings. The molecular formula is C116H82O2. The van der Waals surface area contributed by atoms with Gasteiger partial charge < -0.3 is 8.83 Å². The Morgan fingerprint density at radius 2 is 0.712 bits per heavy atom. The van der Waals surface area contributed by atoms with Crippen molar-refractivity contribution < 1.29 is 8.83 Å². The van der Waals surface area contributed by atoms with Gasteiger partial charge in [0.1, 0.15) is 22.3 Å². The summed E-state index contributed by atoms with van der Waals surface area (Å²) >= 11 is 0. The summed E-state index contributed by atoms with van der Waals surface area (Å²) in [5.74, 6) is 1.24. The molecule has 1 saturated carbocycles. The van der Waals surface area contributed by atoms with Crippen molar-refractivity contribution in [3.8, 4) is 100 Å². The van der Waals surface area contributed by atoms with Gasteiger partial charge in [-0.25, -0.2) is 0 Å². The Bertz CT molecular complexity index is 7720. The molecule has 10 aliphatic carbocycles. The predicted molar refractivity (Wildman–Crippen MR) is 482 cm³/mol. The van der Waals surface area contributed by atoms with Crippen LogP contribution in [0.3, 0.4) is 0 Å². The first-order valence-electron chi connectivity index (χ1n) is 43.1. The fraction of sp³-hybridized carbons (Fsp3) is 0.172. The van der Waals surface area contributed by atoms with Gasteiger partial charge in [-0.3, -0.25) is 0 Å². The van der Waals surface area contributed by atoms with Crippen molar-refractivity contribution >= 4 is 43.9 Å². The number of rotatable bonds is 5. The highest BCUT2D eigenvalue weighted by molar-refractivity contribution is 6.22. The SMILES string of the molecule is CC1(C)c2cc(C(CCc3ccc4c(c3)C(C)(C)c3c5c(c6oc7ccccc7c6c3-4)-c3ccccc3C5(C)C)c3ccc4c(c3)C3(c5ccccc5-c5ccccc53)c3cc5c(cc3-4)C3(c4ccccc4-c4ccccc43)c3ccc4oc6ccccc6c4c3-5)ccc2-c2cc3c(cc21)-c1c(ccc2c1-c1ccccc1C1CC21)C3(C)C. The Morgan fingerprint density at radius 1 is 0.271 bits per heavy atom. The maximum Gasteiger partial charge on any atom is 0.144 e. The topological polar surface area (TPSA) is 26.3 Å². The molecule has 2 aromatic heterocycles. The zero-order valence-corrected chi connectivity index (χ0v) is 67.5. The Hall–Kier alpha value is -12.9. The minimum Gasteiger partial charge on any atom is -0.456 e. The zero-order valence-electron chi connectivity index (χ0n) is 67.5. The van der Waals surface area contributed by atoms with E-state index in [1.165, 1.54) is 228 Å². The van der Waals surface area contributed by atoms with Crippen LogP contribution in [-0.4, -0.2) is 0 Å². The molecule has 558 valence electrons. The molecule has 0 N–H and O–H groups in total. The summed E-state index contributed by atoms with van der Waals surface area (Å²) in [6, 6.07) is 117. The Kier molecular flexibility index (Phi) is 11.9.